The molecule has 0 bridgehead atoms. The van der Waals surface area contributed by atoms with Gasteiger partial charge in [-0.15, -0.1) is 0 Å². The Hall–Kier alpha value is -1.18. The van der Waals surface area contributed by atoms with Gasteiger partial charge in [-0.25, -0.2) is 4.39 Å². The number of rotatable bonds is 6. The van der Waals surface area contributed by atoms with E-state index >= 15 is 0 Å². The number of benzene rings is 1. The second kappa shape index (κ2) is 9.50. The lowest BCUT2D eigenvalue weighted by molar-refractivity contribution is 0.171. The van der Waals surface area contributed by atoms with E-state index in [1.807, 2.05) is 12.1 Å². The predicted octanol–water partition coefficient (Wildman–Crippen LogP) is 7.21. The van der Waals surface area contributed by atoms with Gasteiger partial charge in [-0.3, -0.25) is 4.39 Å². The molecule has 0 saturated heterocycles. The highest BCUT2D eigenvalue weighted by molar-refractivity contribution is 5.21. The van der Waals surface area contributed by atoms with Crippen molar-refractivity contribution in [2.45, 2.75) is 70.1 Å². The Morgan fingerprint density at radius 3 is 2.04 bits per heavy atom. The molecule has 25 heavy (non-hydrogen) atoms. The van der Waals surface area contributed by atoms with Crippen molar-refractivity contribution in [2.75, 3.05) is 6.67 Å². The van der Waals surface area contributed by atoms with E-state index in [2.05, 4.69) is 12.2 Å². The maximum Gasteiger partial charge on any atom is 0.123 e. The first-order valence-electron chi connectivity index (χ1n) is 10.2. The summed E-state index contributed by atoms with van der Waals surface area (Å²) in [5, 5.41) is 0. The van der Waals surface area contributed by atoms with Crippen LogP contribution < -0.4 is 0 Å². The van der Waals surface area contributed by atoms with Crippen LogP contribution in [0.4, 0.5) is 8.78 Å². The van der Waals surface area contributed by atoms with Crippen LogP contribution in [-0.2, 0) is 0 Å². The van der Waals surface area contributed by atoms with Gasteiger partial charge in [-0.05, 0) is 106 Å². The molecule has 0 nitrogen and oxygen atoms in total. The monoisotopic (exact) mass is 346 g/mol. The molecule has 2 aliphatic carbocycles. The van der Waals surface area contributed by atoms with Crippen molar-refractivity contribution in [1.29, 1.82) is 0 Å². The third kappa shape index (κ3) is 5.39. The molecule has 1 aromatic carbocycles. The molecule has 0 aliphatic heterocycles. The van der Waals surface area contributed by atoms with Crippen LogP contribution in [0.15, 0.2) is 36.4 Å². The van der Waals surface area contributed by atoms with Crippen molar-refractivity contribution < 1.29 is 8.78 Å². The van der Waals surface area contributed by atoms with Gasteiger partial charge in [0, 0.05) is 0 Å². The molecule has 0 aromatic heterocycles. The van der Waals surface area contributed by atoms with Crippen LogP contribution in [0.25, 0.3) is 0 Å². The van der Waals surface area contributed by atoms with Crippen LogP contribution in [-0.4, -0.2) is 6.67 Å². The van der Waals surface area contributed by atoms with Crippen molar-refractivity contribution in [2.24, 2.45) is 17.8 Å². The SMILES string of the molecule is FCCC/C=C/[C@H]1CC[C@H](C2CCC(c3ccc(F)cc3)CC2)CC1. The molecule has 0 radical (unpaired) electrons. The van der Waals surface area contributed by atoms with Crippen molar-refractivity contribution in [3.8, 4) is 0 Å². The van der Waals surface area contributed by atoms with Gasteiger partial charge in [0.25, 0.3) is 0 Å². The Bertz CT molecular complexity index is 518. The lowest BCUT2D eigenvalue weighted by atomic mass is 9.68. The van der Waals surface area contributed by atoms with Gasteiger partial charge < -0.3 is 0 Å². The van der Waals surface area contributed by atoms with Gasteiger partial charge in [-0.1, -0.05) is 24.3 Å². The van der Waals surface area contributed by atoms with E-state index in [0.717, 1.165) is 24.2 Å². The van der Waals surface area contributed by atoms with Crippen LogP contribution in [0.1, 0.15) is 75.7 Å². The Labute approximate surface area is 151 Å². The molecule has 2 saturated carbocycles. The summed E-state index contributed by atoms with van der Waals surface area (Å²) in [6.07, 6.45) is 16.7. The third-order valence-electron chi connectivity index (χ3n) is 6.51. The normalized spacial score (nSPS) is 30.6. The summed E-state index contributed by atoms with van der Waals surface area (Å²) in [5.41, 5.74) is 1.32. The third-order valence-corrected chi connectivity index (χ3v) is 6.51. The highest BCUT2D eigenvalue weighted by Gasteiger charge is 2.30. The smallest absolute Gasteiger partial charge is 0.123 e. The average molecular weight is 347 g/mol. The van der Waals surface area contributed by atoms with Crippen LogP contribution in [0.5, 0.6) is 0 Å². The lowest BCUT2D eigenvalue weighted by Crippen LogP contribution is -2.25. The molecule has 2 fully saturated rings. The Morgan fingerprint density at radius 2 is 1.44 bits per heavy atom. The van der Waals surface area contributed by atoms with E-state index in [1.54, 1.807) is 12.1 Å². The maximum absolute atomic E-state index is 13.1. The van der Waals surface area contributed by atoms with Crippen LogP contribution in [0.2, 0.25) is 0 Å². The largest absolute Gasteiger partial charge is 0.251 e. The number of allylic oxidation sites excluding steroid dienone is 2. The molecule has 0 spiro atoms. The molecule has 0 heterocycles. The predicted molar refractivity (Wildman–Crippen MR) is 101 cm³/mol. The van der Waals surface area contributed by atoms with Crippen molar-refractivity contribution in [3.05, 3.63) is 47.8 Å². The van der Waals surface area contributed by atoms with Crippen molar-refractivity contribution in [1.82, 2.24) is 0 Å². The van der Waals surface area contributed by atoms with Gasteiger partial charge in [0.05, 0.1) is 6.67 Å². The van der Waals surface area contributed by atoms with Crippen LogP contribution in [0.3, 0.4) is 0 Å². The minimum Gasteiger partial charge on any atom is -0.251 e. The Balaban J connectivity index is 1.40. The van der Waals surface area contributed by atoms with Crippen LogP contribution >= 0.6 is 0 Å². The van der Waals surface area contributed by atoms with Gasteiger partial charge >= 0.3 is 0 Å². The van der Waals surface area contributed by atoms with E-state index in [-0.39, 0.29) is 12.5 Å². The standard InChI is InChI=1S/C23H32F2/c24-17-3-1-2-4-18-5-7-19(8-6-18)20-9-11-21(12-10-20)22-13-15-23(25)16-14-22/h2,4,13-16,18-21H,1,3,5-12,17H2/b4-2+/t18-,19-,20?,21?. The number of halogens is 2. The average Bonchev–Trinajstić information content (AvgIpc) is 2.67. The van der Waals surface area contributed by atoms with Gasteiger partial charge in [0.1, 0.15) is 5.82 Å². The molecule has 0 N–H and O–H groups in total. The molecule has 3 rings (SSSR count). The highest BCUT2D eigenvalue weighted by atomic mass is 19.1. The minimum absolute atomic E-state index is 0.132. The molecular formula is C23H32F2. The number of hydrogen-bond donors (Lipinski definition) is 0. The number of hydrogen-bond acceptors (Lipinski definition) is 0. The summed E-state index contributed by atoms with van der Waals surface area (Å²) in [4.78, 5) is 0. The number of unbranched alkanes of at least 4 members (excludes halogenated alkanes) is 1. The fourth-order valence-corrected chi connectivity index (χ4v) is 4.95. The molecule has 2 aliphatic rings. The van der Waals surface area contributed by atoms with E-state index in [1.165, 1.54) is 56.9 Å². The first-order chi connectivity index (χ1) is 12.3. The summed E-state index contributed by atoms with van der Waals surface area (Å²) in [7, 11) is 0. The van der Waals surface area contributed by atoms with Gasteiger partial charge in [-0.2, -0.15) is 0 Å². The quantitative estimate of drug-likeness (QED) is 0.377. The first-order valence-corrected chi connectivity index (χ1v) is 10.2. The molecular weight excluding hydrogens is 314 g/mol. The zero-order valence-corrected chi connectivity index (χ0v) is 15.3. The second-order valence-corrected chi connectivity index (χ2v) is 8.10. The van der Waals surface area contributed by atoms with Crippen molar-refractivity contribution in [3.63, 3.8) is 0 Å². The van der Waals surface area contributed by atoms with E-state index in [9.17, 15) is 8.78 Å². The maximum atomic E-state index is 13.1. The number of alkyl halides is 1. The van der Waals surface area contributed by atoms with E-state index < -0.39 is 0 Å². The Morgan fingerprint density at radius 1 is 0.840 bits per heavy atom. The zero-order chi connectivity index (χ0) is 17.5. The highest BCUT2D eigenvalue weighted by Crippen LogP contribution is 2.44. The first kappa shape index (κ1) is 18.6. The summed E-state index contributed by atoms with van der Waals surface area (Å²) in [6, 6.07) is 7.15. The van der Waals surface area contributed by atoms with Gasteiger partial charge in [0.15, 0.2) is 0 Å². The summed E-state index contributed by atoms with van der Waals surface area (Å²) in [6.45, 7) is -0.197. The molecule has 138 valence electrons. The summed E-state index contributed by atoms with van der Waals surface area (Å²) >= 11 is 0. The molecule has 2 heteroatoms. The minimum atomic E-state index is -0.197. The fourth-order valence-electron chi connectivity index (χ4n) is 4.95. The summed E-state index contributed by atoms with van der Waals surface area (Å²) < 4.78 is 25.2. The van der Waals surface area contributed by atoms with Gasteiger partial charge in [0.2, 0.25) is 0 Å². The molecule has 0 atom stereocenters. The second-order valence-electron chi connectivity index (χ2n) is 8.10. The Kier molecular flexibility index (Phi) is 7.07. The fraction of sp³-hybridized carbons (Fsp3) is 0.652. The topological polar surface area (TPSA) is 0 Å². The van der Waals surface area contributed by atoms with E-state index in [4.69, 9.17) is 0 Å². The van der Waals surface area contributed by atoms with E-state index in [0.29, 0.717) is 12.3 Å². The molecule has 0 unspecified atom stereocenters. The molecule has 1 aromatic rings. The van der Waals surface area contributed by atoms with Crippen molar-refractivity contribution >= 4 is 0 Å². The lowest BCUT2D eigenvalue weighted by Gasteiger charge is -2.37. The van der Waals surface area contributed by atoms with Crippen LogP contribution in [0, 0.1) is 23.6 Å². The molecule has 0 amide bonds. The zero-order valence-electron chi connectivity index (χ0n) is 15.3. The summed E-state index contributed by atoms with van der Waals surface area (Å²) in [5.74, 6) is 3.03.